The van der Waals surface area contributed by atoms with E-state index in [1.165, 1.54) is 12.7 Å². The smallest absolute Gasteiger partial charge is 0.407 e. The van der Waals surface area contributed by atoms with Crippen molar-refractivity contribution in [3.05, 3.63) is 95.5 Å². The standard InChI is InChI=1S/C43H55N9O5/c1-26(2)36(49-42(55)44-3)40(53)51-22-8-12-34(51)38-45-24-32(47-38)29-18-14-27(15-19-29)28-16-20-30(21-17-28)33-25-46-39(48-33)35-13-9-23-52(35)41(54)37(50-43(56)57-4)31-10-6-5-7-11-31/h5-7,10-11,14-15,18-19,24-26,28,30,34-37H,8-9,12-13,16-17,20-23H2,1-4H3,(H,45,47)(H,46,48)(H,50,56)(H2,44,49,55)/t28-,30-,34-,35-,36-,37+/m0/s1. The average Bonchev–Trinajstić information content (AvgIpc) is 4.09. The molecule has 1 aliphatic carbocycles. The predicted molar refractivity (Wildman–Crippen MR) is 215 cm³/mol. The number of aromatic amines is 2. The number of H-pyrrole nitrogens is 2. The van der Waals surface area contributed by atoms with E-state index < -0.39 is 18.2 Å². The van der Waals surface area contributed by atoms with Gasteiger partial charge in [-0.2, -0.15) is 0 Å². The molecule has 4 atom stereocenters. The minimum Gasteiger partial charge on any atom is -0.453 e. The Labute approximate surface area is 333 Å². The van der Waals surface area contributed by atoms with Crippen molar-refractivity contribution in [1.29, 1.82) is 0 Å². The Bertz CT molecular complexity index is 2000. The quantitative estimate of drug-likeness (QED) is 0.114. The third-order valence-electron chi connectivity index (χ3n) is 12.0. The second-order valence-corrected chi connectivity index (χ2v) is 15.9. The van der Waals surface area contributed by atoms with E-state index in [0.717, 1.165) is 80.0 Å². The van der Waals surface area contributed by atoms with Crippen molar-refractivity contribution in [3.63, 3.8) is 0 Å². The van der Waals surface area contributed by atoms with Gasteiger partial charge in [0.15, 0.2) is 0 Å². The highest BCUT2D eigenvalue weighted by molar-refractivity contribution is 5.88. The Balaban J connectivity index is 0.951. The Hall–Kier alpha value is -5.66. The normalized spacial score (nSPS) is 21.9. The van der Waals surface area contributed by atoms with E-state index in [1.807, 2.05) is 66.4 Å². The lowest BCUT2D eigenvalue weighted by Gasteiger charge is -2.30. The van der Waals surface area contributed by atoms with Crippen LogP contribution in [0.1, 0.15) is 124 Å². The molecular formula is C43H55N9O5. The van der Waals surface area contributed by atoms with Crippen molar-refractivity contribution in [3.8, 4) is 11.3 Å². The van der Waals surface area contributed by atoms with Crippen LogP contribution in [0.4, 0.5) is 9.59 Å². The number of benzene rings is 2. The predicted octanol–water partition coefficient (Wildman–Crippen LogP) is 6.62. The number of rotatable bonds is 11. The summed E-state index contributed by atoms with van der Waals surface area (Å²) in [5.41, 5.74) is 5.11. The van der Waals surface area contributed by atoms with Crippen LogP contribution in [0.25, 0.3) is 11.3 Å². The van der Waals surface area contributed by atoms with Gasteiger partial charge < -0.3 is 40.5 Å². The van der Waals surface area contributed by atoms with Crippen LogP contribution in [-0.4, -0.2) is 87.0 Å². The third-order valence-corrected chi connectivity index (χ3v) is 12.0. The molecular weight excluding hydrogens is 723 g/mol. The molecule has 3 fully saturated rings. The number of nitrogens with one attached hydrogen (secondary N) is 5. The Morgan fingerprint density at radius 1 is 0.754 bits per heavy atom. The van der Waals surface area contributed by atoms with E-state index >= 15 is 0 Å². The van der Waals surface area contributed by atoms with Gasteiger partial charge >= 0.3 is 12.1 Å². The lowest BCUT2D eigenvalue weighted by atomic mass is 9.77. The summed E-state index contributed by atoms with van der Waals surface area (Å²) >= 11 is 0. The zero-order valence-corrected chi connectivity index (χ0v) is 33.3. The van der Waals surface area contributed by atoms with Gasteiger partial charge in [0.2, 0.25) is 5.91 Å². The molecule has 14 heteroatoms. The number of nitrogens with zero attached hydrogens (tertiary/aromatic N) is 4. The third kappa shape index (κ3) is 8.69. The number of methoxy groups -OCH3 is 1. The Morgan fingerprint density at radius 3 is 2.00 bits per heavy atom. The van der Waals surface area contributed by atoms with Gasteiger partial charge in [-0.3, -0.25) is 9.59 Å². The first-order chi connectivity index (χ1) is 27.6. The van der Waals surface area contributed by atoms with Gasteiger partial charge in [-0.05, 0) is 79.9 Å². The highest BCUT2D eigenvalue weighted by Crippen LogP contribution is 2.42. The molecule has 1 saturated carbocycles. The average molecular weight is 778 g/mol. The number of hydrogen-bond acceptors (Lipinski definition) is 7. The molecule has 3 aliphatic rings. The summed E-state index contributed by atoms with van der Waals surface area (Å²) in [5, 5.41) is 8.11. The van der Waals surface area contributed by atoms with Gasteiger partial charge in [-0.15, -0.1) is 0 Å². The van der Waals surface area contributed by atoms with E-state index in [2.05, 4.69) is 50.2 Å². The molecule has 2 saturated heterocycles. The topological polar surface area (TPSA) is 177 Å². The van der Waals surface area contributed by atoms with Gasteiger partial charge in [0.05, 0.1) is 31.1 Å². The van der Waals surface area contributed by atoms with Gasteiger partial charge in [0.1, 0.15) is 23.7 Å². The van der Waals surface area contributed by atoms with Crippen molar-refractivity contribution in [2.75, 3.05) is 27.2 Å². The van der Waals surface area contributed by atoms with Crippen molar-refractivity contribution >= 4 is 23.9 Å². The van der Waals surface area contributed by atoms with Gasteiger partial charge in [-0.25, -0.2) is 19.6 Å². The molecule has 57 heavy (non-hydrogen) atoms. The molecule has 0 unspecified atom stereocenters. The lowest BCUT2D eigenvalue weighted by Crippen LogP contribution is -2.53. The molecule has 4 aromatic rings. The molecule has 302 valence electrons. The van der Waals surface area contributed by atoms with E-state index in [1.54, 1.807) is 7.05 Å². The summed E-state index contributed by atoms with van der Waals surface area (Å²) < 4.78 is 4.84. The number of aromatic nitrogens is 4. The van der Waals surface area contributed by atoms with Gasteiger partial charge in [0.25, 0.3) is 5.91 Å². The molecule has 0 bridgehead atoms. The number of hydrogen-bond donors (Lipinski definition) is 5. The Morgan fingerprint density at radius 2 is 1.37 bits per heavy atom. The van der Waals surface area contributed by atoms with Crippen LogP contribution in [-0.2, 0) is 14.3 Å². The summed E-state index contributed by atoms with van der Waals surface area (Å²) in [6, 6.07) is 15.8. The second-order valence-electron chi connectivity index (χ2n) is 15.9. The number of amides is 5. The fourth-order valence-electron chi connectivity index (χ4n) is 8.86. The van der Waals surface area contributed by atoms with E-state index in [-0.39, 0.29) is 35.8 Å². The van der Waals surface area contributed by atoms with Gasteiger partial charge in [0, 0.05) is 37.9 Å². The largest absolute Gasteiger partial charge is 0.453 e. The SMILES string of the molecule is CNC(=O)N[C@H](C(=O)N1CCC[C@H]1c1ncc(-c2ccc([C@H]3CC[C@H](c4cnc([C@@H]5CCCN5C(=O)[C@H](NC(=O)OC)c5ccccc5)[nH]4)CC3)cc2)[nH]1)C(C)C. The van der Waals surface area contributed by atoms with Crippen LogP contribution in [0.3, 0.4) is 0 Å². The highest BCUT2D eigenvalue weighted by Gasteiger charge is 2.39. The number of urea groups is 1. The monoisotopic (exact) mass is 777 g/mol. The number of likely N-dealkylation sites (tertiary alicyclic amines) is 2. The number of imidazole rings is 2. The molecule has 2 aliphatic heterocycles. The van der Waals surface area contributed by atoms with Crippen molar-refractivity contribution < 1.29 is 23.9 Å². The number of alkyl carbamates (subject to hydrolysis) is 1. The molecule has 0 spiro atoms. The zero-order chi connectivity index (χ0) is 40.1. The van der Waals surface area contributed by atoms with Crippen LogP contribution in [0.15, 0.2) is 67.0 Å². The van der Waals surface area contributed by atoms with Crippen LogP contribution in [0.5, 0.6) is 0 Å². The maximum atomic E-state index is 13.9. The fraction of sp³-hybridized carbons (Fsp3) is 0.488. The molecule has 0 radical (unpaired) electrons. The van der Waals surface area contributed by atoms with Gasteiger partial charge in [-0.1, -0.05) is 68.4 Å². The zero-order valence-electron chi connectivity index (χ0n) is 33.3. The second kappa shape index (κ2) is 17.6. The molecule has 14 nitrogen and oxygen atoms in total. The van der Waals surface area contributed by atoms with Crippen LogP contribution < -0.4 is 16.0 Å². The van der Waals surface area contributed by atoms with Crippen LogP contribution in [0.2, 0.25) is 0 Å². The first-order valence-electron chi connectivity index (χ1n) is 20.3. The van der Waals surface area contributed by atoms with Crippen LogP contribution in [0, 0.1) is 5.92 Å². The summed E-state index contributed by atoms with van der Waals surface area (Å²) in [6.07, 6.45) is 10.7. The number of ether oxygens (including phenoxy) is 1. The maximum Gasteiger partial charge on any atom is 0.407 e. The van der Waals surface area contributed by atoms with E-state index in [0.29, 0.717) is 30.5 Å². The first-order valence-corrected chi connectivity index (χ1v) is 20.3. The molecule has 2 aromatic carbocycles. The Kier molecular flexibility index (Phi) is 12.2. The molecule has 2 aromatic heterocycles. The van der Waals surface area contributed by atoms with E-state index in [4.69, 9.17) is 14.7 Å². The molecule has 7 rings (SSSR count). The first kappa shape index (κ1) is 39.6. The summed E-state index contributed by atoms with van der Waals surface area (Å²) in [4.78, 5) is 72.1. The fourth-order valence-corrected chi connectivity index (χ4v) is 8.86. The number of carbonyl (C=O) groups is 4. The van der Waals surface area contributed by atoms with E-state index in [9.17, 15) is 19.2 Å². The van der Waals surface area contributed by atoms with Crippen molar-refractivity contribution in [1.82, 2.24) is 45.7 Å². The minimum absolute atomic E-state index is 0.0548. The molecule has 5 amide bonds. The summed E-state index contributed by atoms with van der Waals surface area (Å²) in [7, 11) is 2.84. The summed E-state index contributed by atoms with van der Waals surface area (Å²) in [6.45, 7) is 5.10. The summed E-state index contributed by atoms with van der Waals surface area (Å²) in [5.74, 6) is 2.08. The van der Waals surface area contributed by atoms with Crippen LogP contribution >= 0.6 is 0 Å². The lowest BCUT2D eigenvalue weighted by molar-refractivity contribution is -0.135. The maximum absolute atomic E-state index is 13.9. The number of carbonyl (C=O) groups excluding carboxylic acids is 4. The van der Waals surface area contributed by atoms with Crippen molar-refractivity contribution in [2.45, 2.75) is 101 Å². The van der Waals surface area contributed by atoms with Crippen molar-refractivity contribution in [2.24, 2.45) is 5.92 Å². The molecule has 5 N–H and O–H groups in total. The minimum atomic E-state index is -0.848. The highest BCUT2D eigenvalue weighted by atomic mass is 16.5. The molecule has 4 heterocycles.